The molecule has 0 unspecified atom stereocenters. The van der Waals surface area contributed by atoms with E-state index in [1.807, 2.05) is 12.1 Å². The van der Waals surface area contributed by atoms with E-state index in [0.29, 0.717) is 5.56 Å². The molecule has 3 heteroatoms. The Morgan fingerprint density at radius 1 is 1.00 bits per heavy atom. The minimum atomic E-state index is -0.418. The zero-order valence-electron chi connectivity index (χ0n) is 11.6. The molecule has 0 fully saturated rings. The van der Waals surface area contributed by atoms with Crippen molar-refractivity contribution in [1.82, 2.24) is 0 Å². The van der Waals surface area contributed by atoms with Gasteiger partial charge in [0.25, 0.3) is 0 Å². The molecule has 0 heterocycles. The molecule has 2 aromatic rings. The van der Waals surface area contributed by atoms with Crippen LogP contribution in [0.15, 0.2) is 42.5 Å². The van der Waals surface area contributed by atoms with E-state index < -0.39 is 11.6 Å². The lowest BCUT2D eigenvalue weighted by atomic mass is 10.1. The molecule has 20 heavy (non-hydrogen) atoms. The highest BCUT2D eigenvalue weighted by atomic mass is 19.1. The van der Waals surface area contributed by atoms with Gasteiger partial charge < -0.3 is 5.32 Å². The first-order chi connectivity index (χ1) is 9.69. The lowest BCUT2D eigenvalue weighted by Gasteiger charge is -2.08. The number of halogens is 2. The molecule has 106 valence electrons. The molecule has 0 aromatic heterocycles. The summed E-state index contributed by atoms with van der Waals surface area (Å²) in [4.78, 5) is 0. The molecule has 0 spiro atoms. The van der Waals surface area contributed by atoms with Gasteiger partial charge in [-0.05, 0) is 48.7 Å². The second kappa shape index (κ2) is 7.04. The molecule has 1 N–H and O–H groups in total. The summed E-state index contributed by atoms with van der Waals surface area (Å²) >= 11 is 0. The third kappa shape index (κ3) is 4.05. The number of hydrogen-bond donors (Lipinski definition) is 1. The molecule has 0 aliphatic heterocycles. The second-order valence-corrected chi connectivity index (χ2v) is 4.89. The highest BCUT2D eigenvalue weighted by Gasteiger charge is 2.03. The molecule has 0 aliphatic rings. The van der Waals surface area contributed by atoms with Gasteiger partial charge in [0.15, 0.2) is 0 Å². The Balaban J connectivity index is 1.95. The van der Waals surface area contributed by atoms with Gasteiger partial charge in [-0.2, -0.15) is 0 Å². The predicted molar refractivity (Wildman–Crippen MR) is 78.7 cm³/mol. The SMILES string of the molecule is CCCCc1ccc(NCc2cc(F)ccc2F)cc1. The van der Waals surface area contributed by atoms with Gasteiger partial charge in [-0.15, -0.1) is 0 Å². The normalized spacial score (nSPS) is 10.6. The van der Waals surface area contributed by atoms with Crippen molar-refractivity contribution in [3.05, 3.63) is 65.2 Å². The van der Waals surface area contributed by atoms with Crippen molar-refractivity contribution in [3.8, 4) is 0 Å². The van der Waals surface area contributed by atoms with E-state index in [1.165, 1.54) is 24.5 Å². The molecule has 0 amide bonds. The Labute approximate surface area is 118 Å². The van der Waals surface area contributed by atoms with Crippen LogP contribution in [0.1, 0.15) is 30.9 Å². The van der Waals surface area contributed by atoms with Crippen molar-refractivity contribution < 1.29 is 8.78 Å². The van der Waals surface area contributed by atoms with Crippen LogP contribution in [0.4, 0.5) is 14.5 Å². The van der Waals surface area contributed by atoms with Crippen molar-refractivity contribution in [3.63, 3.8) is 0 Å². The number of hydrogen-bond acceptors (Lipinski definition) is 1. The zero-order chi connectivity index (χ0) is 14.4. The Kier molecular flexibility index (Phi) is 5.10. The summed E-state index contributed by atoms with van der Waals surface area (Å²) in [7, 11) is 0. The van der Waals surface area contributed by atoms with Crippen LogP contribution in [-0.2, 0) is 13.0 Å². The molecule has 0 saturated carbocycles. The summed E-state index contributed by atoms with van der Waals surface area (Å²) in [6.45, 7) is 2.45. The third-order valence-corrected chi connectivity index (χ3v) is 3.26. The van der Waals surface area contributed by atoms with Crippen molar-refractivity contribution in [1.29, 1.82) is 0 Å². The fourth-order valence-corrected chi connectivity index (χ4v) is 2.05. The zero-order valence-corrected chi connectivity index (χ0v) is 11.6. The number of anilines is 1. The van der Waals surface area contributed by atoms with Gasteiger partial charge in [-0.25, -0.2) is 8.78 Å². The Morgan fingerprint density at radius 2 is 1.75 bits per heavy atom. The van der Waals surface area contributed by atoms with E-state index in [4.69, 9.17) is 0 Å². The van der Waals surface area contributed by atoms with Gasteiger partial charge in [-0.3, -0.25) is 0 Å². The van der Waals surface area contributed by atoms with E-state index in [2.05, 4.69) is 24.4 Å². The molecule has 1 nitrogen and oxygen atoms in total. The standard InChI is InChI=1S/C17H19F2N/c1-2-3-4-13-5-8-16(9-6-13)20-12-14-11-15(18)7-10-17(14)19/h5-11,20H,2-4,12H2,1H3. The molecular formula is C17H19F2N. The second-order valence-electron chi connectivity index (χ2n) is 4.89. The van der Waals surface area contributed by atoms with Crippen LogP contribution in [0.3, 0.4) is 0 Å². The fourth-order valence-electron chi connectivity index (χ4n) is 2.05. The third-order valence-electron chi connectivity index (χ3n) is 3.26. The number of unbranched alkanes of at least 4 members (excludes halogenated alkanes) is 1. The number of rotatable bonds is 6. The average Bonchev–Trinajstić information content (AvgIpc) is 2.47. The van der Waals surface area contributed by atoms with Gasteiger partial charge in [0, 0.05) is 17.8 Å². The number of nitrogens with one attached hydrogen (secondary N) is 1. The molecule has 0 radical (unpaired) electrons. The molecule has 2 rings (SSSR count). The number of aryl methyl sites for hydroxylation is 1. The highest BCUT2D eigenvalue weighted by Crippen LogP contribution is 2.15. The maximum Gasteiger partial charge on any atom is 0.128 e. The predicted octanol–water partition coefficient (Wildman–Crippen LogP) is 4.92. The van der Waals surface area contributed by atoms with Crippen LogP contribution in [-0.4, -0.2) is 0 Å². The lowest BCUT2D eigenvalue weighted by molar-refractivity contribution is 0.587. The van der Waals surface area contributed by atoms with Gasteiger partial charge in [0.1, 0.15) is 11.6 Å². The monoisotopic (exact) mass is 275 g/mol. The minimum absolute atomic E-state index is 0.276. The molecule has 0 aliphatic carbocycles. The molecule has 2 aromatic carbocycles. The molecule has 0 bridgehead atoms. The Hall–Kier alpha value is -1.90. The summed E-state index contributed by atoms with van der Waals surface area (Å²) < 4.78 is 26.5. The van der Waals surface area contributed by atoms with Crippen LogP contribution >= 0.6 is 0 Å². The minimum Gasteiger partial charge on any atom is -0.381 e. The van der Waals surface area contributed by atoms with Crippen LogP contribution in [0.5, 0.6) is 0 Å². The van der Waals surface area contributed by atoms with Crippen LogP contribution in [0, 0.1) is 11.6 Å². The first-order valence-electron chi connectivity index (χ1n) is 6.96. The highest BCUT2D eigenvalue weighted by molar-refractivity contribution is 5.45. The van der Waals surface area contributed by atoms with E-state index in [9.17, 15) is 8.78 Å². The van der Waals surface area contributed by atoms with Crippen molar-refractivity contribution in [2.75, 3.05) is 5.32 Å². The maximum atomic E-state index is 13.5. The van der Waals surface area contributed by atoms with E-state index in [1.54, 1.807) is 0 Å². The van der Waals surface area contributed by atoms with Crippen molar-refractivity contribution in [2.45, 2.75) is 32.7 Å². The van der Waals surface area contributed by atoms with Crippen LogP contribution in [0.2, 0.25) is 0 Å². The largest absolute Gasteiger partial charge is 0.381 e. The Bertz CT molecular complexity index is 549. The summed E-state index contributed by atoms with van der Waals surface area (Å²) in [6.07, 6.45) is 3.44. The van der Waals surface area contributed by atoms with E-state index >= 15 is 0 Å². The molecular weight excluding hydrogens is 256 g/mol. The summed E-state index contributed by atoms with van der Waals surface area (Å²) in [5, 5.41) is 3.11. The smallest absolute Gasteiger partial charge is 0.128 e. The van der Waals surface area contributed by atoms with Crippen molar-refractivity contribution >= 4 is 5.69 Å². The number of benzene rings is 2. The fraction of sp³-hybridized carbons (Fsp3) is 0.294. The van der Waals surface area contributed by atoms with Crippen molar-refractivity contribution in [2.24, 2.45) is 0 Å². The van der Waals surface area contributed by atoms with Gasteiger partial charge in [0.2, 0.25) is 0 Å². The summed E-state index contributed by atoms with van der Waals surface area (Å²) in [5.74, 6) is -0.809. The van der Waals surface area contributed by atoms with Gasteiger partial charge in [-0.1, -0.05) is 25.5 Å². The first kappa shape index (κ1) is 14.5. The van der Waals surface area contributed by atoms with E-state index in [0.717, 1.165) is 24.2 Å². The van der Waals surface area contributed by atoms with Crippen LogP contribution < -0.4 is 5.32 Å². The maximum absolute atomic E-state index is 13.5. The summed E-state index contributed by atoms with van der Waals surface area (Å²) in [6, 6.07) is 11.6. The molecule has 0 saturated heterocycles. The van der Waals surface area contributed by atoms with Gasteiger partial charge in [0.05, 0.1) is 0 Å². The quantitative estimate of drug-likeness (QED) is 0.789. The lowest BCUT2D eigenvalue weighted by Crippen LogP contribution is -2.02. The van der Waals surface area contributed by atoms with Gasteiger partial charge >= 0.3 is 0 Å². The topological polar surface area (TPSA) is 12.0 Å². The first-order valence-corrected chi connectivity index (χ1v) is 6.96. The molecule has 0 atom stereocenters. The van der Waals surface area contributed by atoms with Crippen LogP contribution in [0.25, 0.3) is 0 Å². The average molecular weight is 275 g/mol. The van der Waals surface area contributed by atoms with E-state index in [-0.39, 0.29) is 6.54 Å². The Morgan fingerprint density at radius 3 is 2.45 bits per heavy atom. The summed E-state index contributed by atoms with van der Waals surface area (Å²) in [5.41, 5.74) is 2.54.